The van der Waals surface area contributed by atoms with Crippen molar-refractivity contribution < 1.29 is 14.3 Å². The van der Waals surface area contributed by atoms with Gasteiger partial charge >= 0.3 is 0 Å². The van der Waals surface area contributed by atoms with E-state index in [4.69, 9.17) is 10.5 Å². The number of carbonyl (C=O) groups excluding carboxylic acids is 2. The number of hydrogen-bond acceptors (Lipinski definition) is 4. The Morgan fingerprint density at radius 1 is 1.06 bits per heavy atom. The highest BCUT2D eigenvalue weighted by Crippen LogP contribution is 2.22. The molecule has 1 aromatic carbocycles. The summed E-state index contributed by atoms with van der Waals surface area (Å²) in [6, 6.07) is 6.72. The first-order valence-corrected chi connectivity index (χ1v) is 5.21. The molecule has 1 aromatic rings. The first-order valence-electron chi connectivity index (χ1n) is 5.21. The van der Waals surface area contributed by atoms with Gasteiger partial charge in [-0.15, -0.1) is 0 Å². The molecule has 0 saturated carbocycles. The zero-order valence-electron chi connectivity index (χ0n) is 9.13. The fourth-order valence-corrected chi connectivity index (χ4v) is 1.52. The summed E-state index contributed by atoms with van der Waals surface area (Å²) in [5.74, 6) is 0.00232. The quantitative estimate of drug-likeness (QED) is 0.765. The van der Waals surface area contributed by atoms with Gasteiger partial charge in [0.25, 0.3) is 11.8 Å². The van der Waals surface area contributed by atoms with Crippen LogP contribution in [0.5, 0.6) is 5.75 Å². The van der Waals surface area contributed by atoms with Gasteiger partial charge in [-0.2, -0.15) is 0 Å². The predicted octanol–water partition coefficient (Wildman–Crippen LogP) is 0.453. The van der Waals surface area contributed by atoms with Crippen LogP contribution in [0.1, 0.15) is 0 Å². The number of ether oxygens (including phenoxy) is 1. The Labute approximate surface area is 98.5 Å². The molecule has 1 aliphatic rings. The van der Waals surface area contributed by atoms with Gasteiger partial charge in [0.15, 0.2) is 0 Å². The van der Waals surface area contributed by atoms with Crippen LogP contribution < -0.4 is 15.4 Å². The van der Waals surface area contributed by atoms with E-state index in [0.717, 1.165) is 4.90 Å². The third-order valence-electron chi connectivity index (χ3n) is 2.29. The van der Waals surface area contributed by atoms with E-state index in [1.807, 2.05) is 0 Å². The second-order valence-corrected chi connectivity index (χ2v) is 3.48. The Bertz CT molecular complexity index is 447. The third-order valence-corrected chi connectivity index (χ3v) is 2.29. The molecule has 2 amide bonds. The van der Waals surface area contributed by atoms with Gasteiger partial charge in [0.2, 0.25) is 0 Å². The largest absolute Gasteiger partial charge is 0.492 e. The summed E-state index contributed by atoms with van der Waals surface area (Å²) in [5, 5.41) is 0. The molecule has 5 nitrogen and oxygen atoms in total. The van der Waals surface area contributed by atoms with Crippen LogP contribution in [-0.4, -0.2) is 25.0 Å². The van der Waals surface area contributed by atoms with Crippen LogP contribution in [0.15, 0.2) is 36.4 Å². The number of hydrogen-bond donors (Lipinski definition) is 1. The standard InChI is InChI=1S/C12H12N2O3/c13-7-8-17-10-3-1-9(2-4-10)14-11(15)5-6-12(14)16/h1-6H,7-8,13H2. The highest BCUT2D eigenvalue weighted by molar-refractivity contribution is 6.28. The van der Waals surface area contributed by atoms with Crippen molar-refractivity contribution in [3.05, 3.63) is 36.4 Å². The van der Waals surface area contributed by atoms with E-state index in [9.17, 15) is 9.59 Å². The molecular formula is C12H12N2O3. The van der Waals surface area contributed by atoms with Crippen molar-refractivity contribution in [1.29, 1.82) is 0 Å². The highest BCUT2D eigenvalue weighted by atomic mass is 16.5. The van der Waals surface area contributed by atoms with E-state index >= 15 is 0 Å². The molecule has 2 rings (SSSR count). The second kappa shape index (κ2) is 4.80. The molecule has 0 spiro atoms. The van der Waals surface area contributed by atoms with E-state index < -0.39 is 0 Å². The van der Waals surface area contributed by atoms with Crippen LogP contribution in [0.4, 0.5) is 5.69 Å². The molecule has 1 aliphatic heterocycles. The zero-order valence-corrected chi connectivity index (χ0v) is 9.13. The van der Waals surface area contributed by atoms with Crippen LogP contribution in [0.2, 0.25) is 0 Å². The lowest BCUT2D eigenvalue weighted by atomic mass is 10.3. The van der Waals surface area contributed by atoms with Crippen LogP contribution in [-0.2, 0) is 9.59 Å². The fourth-order valence-electron chi connectivity index (χ4n) is 1.52. The monoisotopic (exact) mass is 232 g/mol. The van der Waals surface area contributed by atoms with Crippen molar-refractivity contribution >= 4 is 17.5 Å². The van der Waals surface area contributed by atoms with Crippen molar-refractivity contribution in [1.82, 2.24) is 0 Å². The third kappa shape index (κ3) is 2.34. The van der Waals surface area contributed by atoms with Crippen molar-refractivity contribution in [3.8, 4) is 5.75 Å². The maximum atomic E-state index is 11.4. The smallest absolute Gasteiger partial charge is 0.258 e. The molecule has 17 heavy (non-hydrogen) atoms. The number of imide groups is 1. The molecule has 2 N–H and O–H groups in total. The summed E-state index contributed by atoms with van der Waals surface area (Å²) in [7, 11) is 0. The zero-order chi connectivity index (χ0) is 12.3. The summed E-state index contributed by atoms with van der Waals surface area (Å²) in [6.45, 7) is 0.872. The Morgan fingerprint density at radius 3 is 2.18 bits per heavy atom. The first kappa shape index (κ1) is 11.3. The lowest BCUT2D eigenvalue weighted by Gasteiger charge is -2.14. The molecule has 1 heterocycles. The molecule has 0 unspecified atom stereocenters. The van der Waals surface area contributed by atoms with Crippen LogP contribution >= 0.6 is 0 Å². The molecule has 0 atom stereocenters. The van der Waals surface area contributed by atoms with Crippen LogP contribution in [0.3, 0.4) is 0 Å². The number of nitrogens with zero attached hydrogens (tertiary/aromatic N) is 1. The van der Waals surface area contributed by atoms with E-state index in [0.29, 0.717) is 24.6 Å². The highest BCUT2D eigenvalue weighted by Gasteiger charge is 2.24. The number of amides is 2. The minimum atomic E-state index is -0.328. The first-order chi connectivity index (χ1) is 8.22. The second-order valence-electron chi connectivity index (χ2n) is 3.48. The van der Waals surface area contributed by atoms with Gasteiger partial charge in [0, 0.05) is 18.7 Å². The van der Waals surface area contributed by atoms with E-state index in [-0.39, 0.29) is 11.8 Å². The minimum absolute atomic E-state index is 0.328. The van der Waals surface area contributed by atoms with Crippen LogP contribution in [0.25, 0.3) is 0 Å². The molecule has 0 aromatic heterocycles. The SMILES string of the molecule is NCCOc1ccc(N2C(=O)C=CC2=O)cc1. The summed E-state index contributed by atoms with van der Waals surface area (Å²) in [4.78, 5) is 23.9. The van der Waals surface area contributed by atoms with Crippen molar-refractivity contribution in [3.63, 3.8) is 0 Å². The number of benzene rings is 1. The van der Waals surface area contributed by atoms with Gasteiger partial charge in [0.1, 0.15) is 12.4 Å². The summed E-state index contributed by atoms with van der Waals surface area (Å²) in [5.41, 5.74) is 5.84. The Hall–Kier alpha value is -2.14. The summed E-state index contributed by atoms with van der Waals surface area (Å²) < 4.78 is 5.30. The van der Waals surface area contributed by atoms with Gasteiger partial charge in [-0.1, -0.05) is 0 Å². The van der Waals surface area contributed by atoms with Gasteiger partial charge in [0.05, 0.1) is 5.69 Å². The number of nitrogens with two attached hydrogens (primary N) is 1. The average molecular weight is 232 g/mol. The van der Waals surface area contributed by atoms with Crippen molar-refractivity contribution in [2.45, 2.75) is 0 Å². The average Bonchev–Trinajstić information content (AvgIpc) is 2.67. The molecule has 0 bridgehead atoms. The van der Waals surface area contributed by atoms with E-state index in [2.05, 4.69) is 0 Å². The molecule has 0 radical (unpaired) electrons. The van der Waals surface area contributed by atoms with Gasteiger partial charge in [-0.05, 0) is 24.3 Å². The maximum Gasteiger partial charge on any atom is 0.258 e. The molecule has 5 heteroatoms. The number of anilines is 1. The molecular weight excluding hydrogens is 220 g/mol. The minimum Gasteiger partial charge on any atom is -0.492 e. The Balaban J connectivity index is 2.13. The van der Waals surface area contributed by atoms with Gasteiger partial charge in [-0.3, -0.25) is 9.59 Å². The molecule has 0 fully saturated rings. The predicted molar refractivity (Wildman–Crippen MR) is 62.6 cm³/mol. The van der Waals surface area contributed by atoms with Gasteiger partial charge in [-0.25, -0.2) is 4.90 Å². The maximum absolute atomic E-state index is 11.4. The Morgan fingerprint density at radius 2 is 1.65 bits per heavy atom. The van der Waals surface area contributed by atoms with Crippen molar-refractivity contribution in [2.75, 3.05) is 18.1 Å². The van der Waals surface area contributed by atoms with Gasteiger partial charge < -0.3 is 10.5 Å². The molecule has 88 valence electrons. The summed E-state index contributed by atoms with van der Waals surface area (Å²) in [6.07, 6.45) is 2.50. The normalized spacial score (nSPS) is 14.5. The number of carbonyl (C=O) groups is 2. The number of rotatable bonds is 4. The fraction of sp³-hybridized carbons (Fsp3) is 0.167. The van der Waals surface area contributed by atoms with E-state index in [1.54, 1.807) is 24.3 Å². The topological polar surface area (TPSA) is 72.6 Å². The summed E-state index contributed by atoms with van der Waals surface area (Å²) >= 11 is 0. The molecule has 0 aliphatic carbocycles. The Kier molecular flexibility index (Phi) is 3.20. The molecule has 0 saturated heterocycles. The lowest BCUT2D eigenvalue weighted by molar-refractivity contribution is -0.119. The van der Waals surface area contributed by atoms with Crippen molar-refractivity contribution in [2.24, 2.45) is 5.73 Å². The van der Waals surface area contributed by atoms with E-state index in [1.165, 1.54) is 12.2 Å². The van der Waals surface area contributed by atoms with Crippen LogP contribution in [0, 0.1) is 0 Å². The lowest BCUT2D eigenvalue weighted by Crippen LogP contribution is -2.29.